The van der Waals surface area contributed by atoms with Crippen molar-refractivity contribution in [1.29, 1.82) is 0 Å². The zero-order valence-electron chi connectivity index (χ0n) is 11.1. The summed E-state index contributed by atoms with van der Waals surface area (Å²) in [5, 5.41) is 0. The first-order valence-corrected chi connectivity index (χ1v) is 7.83. The lowest BCUT2D eigenvalue weighted by Gasteiger charge is -2.44. The zero-order valence-corrected chi connectivity index (χ0v) is 11.1. The second kappa shape index (κ2) is 2.96. The van der Waals surface area contributed by atoms with Crippen molar-refractivity contribution in [2.24, 2.45) is 46.8 Å². The SMILES string of the molecule is CC1C[C@@H]2C[C@H]1C1C3CC(C12)C1(COC(=O)C1)C3. The first kappa shape index (κ1) is 10.3. The van der Waals surface area contributed by atoms with Crippen LogP contribution in [0.25, 0.3) is 0 Å². The van der Waals surface area contributed by atoms with Crippen molar-refractivity contribution in [2.45, 2.75) is 39.0 Å². The molecule has 1 spiro atoms. The maximum atomic E-state index is 11.6. The van der Waals surface area contributed by atoms with Crippen LogP contribution in [0.15, 0.2) is 0 Å². The van der Waals surface area contributed by atoms with Crippen LogP contribution in [0, 0.1) is 46.8 Å². The molecule has 0 amide bonds. The molecule has 6 unspecified atom stereocenters. The van der Waals surface area contributed by atoms with Gasteiger partial charge in [0.25, 0.3) is 0 Å². The predicted octanol–water partition coefficient (Wildman–Crippen LogP) is 2.87. The largest absolute Gasteiger partial charge is 0.465 e. The Morgan fingerprint density at radius 2 is 2.06 bits per heavy atom. The molecule has 0 aromatic heterocycles. The minimum atomic E-state index is 0.0793. The molecule has 0 aromatic rings. The maximum absolute atomic E-state index is 11.6. The molecule has 8 atom stereocenters. The smallest absolute Gasteiger partial charge is 0.306 e. The number of hydrogen-bond acceptors (Lipinski definition) is 2. The van der Waals surface area contributed by atoms with E-state index in [2.05, 4.69) is 6.92 Å². The van der Waals surface area contributed by atoms with Gasteiger partial charge in [0.1, 0.15) is 0 Å². The molecule has 0 N–H and O–H groups in total. The summed E-state index contributed by atoms with van der Waals surface area (Å²) >= 11 is 0. The Morgan fingerprint density at radius 1 is 1.17 bits per heavy atom. The predicted molar refractivity (Wildman–Crippen MR) is 66.6 cm³/mol. The lowest BCUT2D eigenvalue weighted by molar-refractivity contribution is -0.137. The summed E-state index contributed by atoms with van der Waals surface area (Å²) in [5.74, 6) is 6.87. The number of esters is 1. The van der Waals surface area contributed by atoms with Gasteiger partial charge in [-0.25, -0.2) is 0 Å². The molecule has 5 rings (SSSR count). The van der Waals surface area contributed by atoms with E-state index in [-0.39, 0.29) is 11.4 Å². The average molecular weight is 246 g/mol. The highest BCUT2D eigenvalue weighted by Crippen LogP contribution is 2.74. The van der Waals surface area contributed by atoms with Crippen molar-refractivity contribution in [1.82, 2.24) is 0 Å². The number of cyclic esters (lactones) is 1. The highest BCUT2D eigenvalue weighted by molar-refractivity contribution is 5.72. The summed E-state index contributed by atoms with van der Waals surface area (Å²) < 4.78 is 5.35. The van der Waals surface area contributed by atoms with Gasteiger partial charge in [-0.2, -0.15) is 0 Å². The van der Waals surface area contributed by atoms with E-state index in [1.165, 1.54) is 25.7 Å². The zero-order chi connectivity index (χ0) is 12.1. The van der Waals surface area contributed by atoms with Crippen molar-refractivity contribution < 1.29 is 9.53 Å². The van der Waals surface area contributed by atoms with Crippen LogP contribution in [-0.2, 0) is 9.53 Å². The van der Waals surface area contributed by atoms with Gasteiger partial charge in [-0.1, -0.05) is 6.92 Å². The monoisotopic (exact) mass is 246 g/mol. The molecule has 2 nitrogen and oxygen atoms in total. The fraction of sp³-hybridized carbons (Fsp3) is 0.938. The van der Waals surface area contributed by atoms with Gasteiger partial charge in [-0.15, -0.1) is 0 Å². The van der Waals surface area contributed by atoms with Crippen molar-refractivity contribution in [3.8, 4) is 0 Å². The molecule has 5 aliphatic rings. The molecule has 2 heteroatoms. The van der Waals surface area contributed by atoms with Crippen molar-refractivity contribution >= 4 is 5.97 Å². The van der Waals surface area contributed by atoms with Gasteiger partial charge in [-0.3, -0.25) is 4.79 Å². The first-order valence-electron chi connectivity index (χ1n) is 7.83. The van der Waals surface area contributed by atoms with Gasteiger partial charge >= 0.3 is 5.97 Å². The molecule has 0 aromatic carbocycles. The Hall–Kier alpha value is -0.530. The van der Waals surface area contributed by atoms with Crippen LogP contribution in [0.3, 0.4) is 0 Å². The normalized spacial score (nSPS) is 63.8. The summed E-state index contributed by atoms with van der Waals surface area (Å²) in [5.41, 5.74) is 0.288. The van der Waals surface area contributed by atoms with E-state index < -0.39 is 0 Å². The maximum Gasteiger partial charge on any atom is 0.306 e. The molecular formula is C16H22O2. The van der Waals surface area contributed by atoms with Crippen LogP contribution in [-0.4, -0.2) is 12.6 Å². The number of carbonyl (C=O) groups excluding carboxylic acids is 1. The van der Waals surface area contributed by atoms with Crippen molar-refractivity contribution in [3.05, 3.63) is 0 Å². The Balaban J connectivity index is 1.52. The molecule has 1 aliphatic heterocycles. The van der Waals surface area contributed by atoms with Gasteiger partial charge in [0, 0.05) is 5.41 Å². The van der Waals surface area contributed by atoms with Gasteiger partial charge in [0.2, 0.25) is 0 Å². The molecule has 18 heavy (non-hydrogen) atoms. The standard InChI is InChI=1S/C16H22O2/c1-8-2-9-3-11(8)14-10-4-12(15(9)14)16(5-10)6-13(17)18-7-16/h8-12,14-15H,2-7H2,1H3/t8?,9-,10?,11-,12?,14?,15?,16?/m1/s1. The lowest BCUT2D eigenvalue weighted by Crippen LogP contribution is -2.41. The van der Waals surface area contributed by atoms with Crippen LogP contribution in [0.2, 0.25) is 0 Å². The summed E-state index contributed by atoms with van der Waals surface area (Å²) in [6, 6.07) is 0. The minimum Gasteiger partial charge on any atom is -0.465 e. The molecule has 1 heterocycles. The highest BCUT2D eigenvalue weighted by atomic mass is 16.5. The van der Waals surface area contributed by atoms with Gasteiger partial charge < -0.3 is 4.74 Å². The van der Waals surface area contributed by atoms with Crippen molar-refractivity contribution in [3.63, 3.8) is 0 Å². The van der Waals surface area contributed by atoms with Gasteiger partial charge in [-0.05, 0) is 67.1 Å². The van der Waals surface area contributed by atoms with Crippen LogP contribution < -0.4 is 0 Å². The molecule has 1 saturated heterocycles. The summed E-state index contributed by atoms with van der Waals surface area (Å²) in [7, 11) is 0. The molecule has 5 fully saturated rings. The second-order valence-corrected chi connectivity index (χ2v) is 8.03. The fourth-order valence-electron chi connectivity index (χ4n) is 7.22. The fourth-order valence-corrected chi connectivity index (χ4v) is 7.22. The third-order valence-electron chi connectivity index (χ3n) is 7.50. The third-order valence-corrected chi connectivity index (χ3v) is 7.50. The summed E-state index contributed by atoms with van der Waals surface area (Å²) in [6.07, 6.45) is 6.45. The highest BCUT2D eigenvalue weighted by Gasteiger charge is 2.69. The Kier molecular flexibility index (Phi) is 1.69. The van der Waals surface area contributed by atoms with Crippen molar-refractivity contribution in [2.75, 3.05) is 6.61 Å². The molecule has 4 bridgehead atoms. The summed E-state index contributed by atoms with van der Waals surface area (Å²) in [6.45, 7) is 3.23. The van der Waals surface area contributed by atoms with E-state index in [9.17, 15) is 4.79 Å². The van der Waals surface area contributed by atoms with E-state index in [0.717, 1.165) is 54.5 Å². The summed E-state index contributed by atoms with van der Waals surface area (Å²) in [4.78, 5) is 11.6. The Bertz CT molecular complexity index is 431. The Morgan fingerprint density at radius 3 is 2.83 bits per heavy atom. The number of carbonyl (C=O) groups is 1. The van der Waals surface area contributed by atoms with E-state index >= 15 is 0 Å². The number of rotatable bonds is 0. The number of ether oxygens (including phenoxy) is 1. The first-order chi connectivity index (χ1) is 8.68. The van der Waals surface area contributed by atoms with Gasteiger partial charge in [0.05, 0.1) is 13.0 Å². The van der Waals surface area contributed by atoms with Crippen LogP contribution in [0.5, 0.6) is 0 Å². The number of fused-ring (bicyclic) bond motifs is 10. The molecule has 0 radical (unpaired) electrons. The molecule has 98 valence electrons. The van der Waals surface area contributed by atoms with Gasteiger partial charge in [0.15, 0.2) is 0 Å². The van der Waals surface area contributed by atoms with Crippen LogP contribution in [0.1, 0.15) is 39.0 Å². The Labute approximate surface area is 108 Å². The van der Waals surface area contributed by atoms with Crippen LogP contribution >= 0.6 is 0 Å². The average Bonchev–Trinajstić information content (AvgIpc) is 3.04. The third kappa shape index (κ3) is 0.981. The topological polar surface area (TPSA) is 26.3 Å². The van der Waals surface area contributed by atoms with Crippen LogP contribution in [0.4, 0.5) is 0 Å². The molecular weight excluding hydrogens is 224 g/mol. The quantitative estimate of drug-likeness (QED) is 0.485. The lowest BCUT2D eigenvalue weighted by atomic mass is 9.59. The van der Waals surface area contributed by atoms with E-state index in [0.29, 0.717) is 0 Å². The minimum absolute atomic E-state index is 0.0793. The second-order valence-electron chi connectivity index (χ2n) is 8.03. The molecule has 4 aliphatic carbocycles. The van der Waals surface area contributed by atoms with E-state index in [1.54, 1.807) is 0 Å². The number of hydrogen-bond donors (Lipinski definition) is 0. The van der Waals surface area contributed by atoms with E-state index in [4.69, 9.17) is 4.74 Å². The molecule has 4 saturated carbocycles. The van der Waals surface area contributed by atoms with E-state index in [1.807, 2.05) is 0 Å².